The third-order valence-electron chi connectivity index (χ3n) is 2.78. The second-order valence-electron chi connectivity index (χ2n) is 3.91. The molecule has 0 fully saturated rings. The van der Waals surface area contributed by atoms with Crippen molar-refractivity contribution < 1.29 is 9.53 Å². The van der Waals surface area contributed by atoms with Crippen LogP contribution < -0.4 is 20.7 Å². The lowest BCUT2D eigenvalue weighted by atomic mass is 10.2. The molecule has 1 amide bonds. The van der Waals surface area contributed by atoms with E-state index >= 15 is 0 Å². The fourth-order valence-electron chi connectivity index (χ4n) is 1.85. The number of rotatable bonds is 4. The molecule has 0 radical (unpaired) electrons. The number of nitrogens with zero attached hydrogens (tertiary/aromatic N) is 1. The molecule has 2 rings (SSSR count). The van der Waals surface area contributed by atoms with Crippen LogP contribution in [0.25, 0.3) is 0 Å². The number of carbonyl (C=O) groups is 1. The summed E-state index contributed by atoms with van der Waals surface area (Å²) in [5, 5.41) is 3.05. The Morgan fingerprint density at radius 1 is 1.53 bits per heavy atom. The molecule has 5 nitrogen and oxygen atoms in total. The molecule has 0 atom stereocenters. The number of anilines is 2. The smallest absolute Gasteiger partial charge is 0.265 e. The molecule has 0 aliphatic carbocycles. The first-order chi connectivity index (χ1) is 8.26. The molecule has 0 spiro atoms. The number of ether oxygens (including phenoxy) is 1. The van der Waals surface area contributed by atoms with Crippen LogP contribution in [0.3, 0.4) is 0 Å². The van der Waals surface area contributed by atoms with Gasteiger partial charge in [-0.25, -0.2) is 0 Å². The number of fused-ring (bicyclic) bond motifs is 1. The monoisotopic (exact) mass is 235 g/mol. The van der Waals surface area contributed by atoms with E-state index in [1.807, 2.05) is 25.2 Å². The predicted octanol–water partition coefficient (Wildman–Crippen LogP) is 0.802. The minimum absolute atomic E-state index is 0.0146. The van der Waals surface area contributed by atoms with Gasteiger partial charge >= 0.3 is 0 Å². The van der Waals surface area contributed by atoms with Crippen LogP contribution >= 0.6 is 0 Å². The van der Waals surface area contributed by atoms with Gasteiger partial charge in [0.15, 0.2) is 6.61 Å². The molecule has 1 aliphatic heterocycles. The number of benzene rings is 1. The summed E-state index contributed by atoms with van der Waals surface area (Å²) in [4.78, 5) is 13.5. The molecule has 1 heterocycles. The van der Waals surface area contributed by atoms with Crippen molar-refractivity contribution in [1.82, 2.24) is 0 Å². The van der Waals surface area contributed by atoms with Crippen molar-refractivity contribution >= 4 is 17.3 Å². The highest BCUT2D eigenvalue weighted by Crippen LogP contribution is 2.34. The number of hydrogen-bond donors (Lipinski definition) is 2. The fraction of sp³-hybridized carbons (Fsp3) is 0.417. The number of carbonyl (C=O) groups excluding carboxylic acids is 1. The summed E-state index contributed by atoms with van der Waals surface area (Å²) in [6.07, 6.45) is 0.787. The zero-order valence-corrected chi connectivity index (χ0v) is 9.90. The van der Waals surface area contributed by atoms with Crippen LogP contribution in [0.4, 0.5) is 11.4 Å². The molecule has 0 unspecified atom stereocenters. The van der Waals surface area contributed by atoms with Gasteiger partial charge in [0.1, 0.15) is 5.75 Å². The van der Waals surface area contributed by atoms with E-state index in [4.69, 9.17) is 10.5 Å². The number of amides is 1. The number of nitrogens with two attached hydrogens (primary N) is 1. The van der Waals surface area contributed by atoms with Gasteiger partial charge in [0, 0.05) is 19.3 Å². The van der Waals surface area contributed by atoms with E-state index in [9.17, 15) is 4.79 Å². The number of nitrogens with one attached hydrogen (secondary N) is 1. The Morgan fingerprint density at radius 3 is 3.06 bits per heavy atom. The third-order valence-corrected chi connectivity index (χ3v) is 2.78. The second-order valence-corrected chi connectivity index (χ2v) is 3.91. The van der Waals surface area contributed by atoms with E-state index in [0.717, 1.165) is 23.5 Å². The van der Waals surface area contributed by atoms with Crippen molar-refractivity contribution in [2.45, 2.75) is 6.42 Å². The van der Waals surface area contributed by atoms with Crippen LogP contribution in [0.1, 0.15) is 6.42 Å². The highest BCUT2D eigenvalue weighted by atomic mass is 16.5. The molecule has 0 saturated carbocycles. The number of hydrogen-bond acceptors (Lipinski definition) is 4. The van der Waals surface area contributed by atoms with E-state index < -0.39 is 0 Å². The van der Waals surface area contributed by atoms with Crippen molar-refractivity contribution in [3.05, 3.63) is 18.2 Å². The van der Waals surface area contributed by atoms with Crippen molar-refractivity contribution in [2.24, 2.45) is 5.73 Å². The zero-order chi connectivity index (χ0) is 12.3. The molecule has 5 heteroatoms. The molecule has 0 saturated heterocycles. The van der Waals surface area contributed by atoms with Gasteiger partial charge in [0.2, 0.25) is 0 Å². The minimum atomic E-state index is -0.0146. The average Bonchev–Trinajstić information content (AvgIpc) is 2.37. The molecule has 1 aromatic rings. The van der Waals surface area contributed by atoms with Crippen LogP contribution in [-0.2, 0) is 4.79 Å². The average molecular weight is 235 g/mol. The van der Waals surface area contributed by atoms with Crippen molar-refractivity contribution in [2.75, 3.05) is 37.0 Å². The molecule has 92 valence electrons. The maximum atomic E-state index is 11.8. The maximum Gasteiger partial charge on any atom is 0.265 e. The molecular formula is C12H17N3O2. The topological polar surface area (TPSA) is 67.6 Å². The van der Waals surface area contributed by atoms with E-state index in [2.05, 4.69) is 5.32 Å². The van der Waals surface area contributed by atoms with E-state index in [1.54, 1.807) is 4.90 Å². The lowest BCUT2D eigenvalue weighted by Gasteiger charge is -2.29. The Morgan fingerprint density at radius 2 is 2.35 bits per heavy atom. The standard InChI is InChI=1S/C12H17N3O2/c1-14-9-3-4-11-10(7-9)15(6-2-5-13)12(16)8-17-11/h3-4,7,14H,2,5-6,8,13H2,1H3. The molecule has 3 N–H and O–H groups in total. The van der Waals surface area contributed by atoms with Crippen molar-refractivity contribution in [3.8, 4) is 5.75 Å². The summed E-state index contributed by atoms with van der Waals surface area (Å²) in [6, 6.07) is 5.72. The Bertz CT molecular complexity index is 420. The van der Waals surface area contributed by atoms with Gasteiger partial charge in [-0.2, -0.15) is 0 Å². The fourth-order valence-corrected chi connectivity index (χ4v) is 1.85. The van der Waals surface area contributed by atoms with Gasteiger partial charge in [0.25, 0.3) is 5.91 Å². The van der Waals surface area contributed by atoms with Gasteiger partial charge in [-0.05, 0) is 31.2 Å². The second kappa shape index (κ2) is 5.05. The summed E-state index contributed by atoms with van der Waals surface area (Å²) in [6.45, 7) is 1.32. The first-order valence-corrected chi connectivity index (χ1v) is 5.71. The van der Waals surface area contributed by atoms with Gasteiger partial charge in [-0.15, -0.1) is 0 Å². The van der Waals surface area contributed by atoms with Crippen molar-refractivity contribution in [1.29, 1.82) is 0 Å². The van der Waals surface area contributed by atoms with Crippen LogP contribution in [0.15, 0.2) is 18.2 Å². The van der Waals surface area contributed by atoms with Crippen molar-refractivity contribution in [3.63, 3.8) is 0 Å². The quantitative estimate of drug-likeness (QED) is 0.810. The molecular weight excluding hydrogens is 218 g/mol. The molecule has 17 heavy (non-hydrogen) atoms. The van der Waals surface area contributed by atoms with Crippen LogP contribution in [0.5, 0.6) is 5.75 Å². The van der Waals surface area contributed by atoms with E-state index in [0.29, 0.717) is 13.1 Å². The van der Waals surface area contributed by atoms with E-state index in [-0.39, 0.29) is 12.5 Å². The van der Waals surface area contributed by atoms with Gasteiger partial charge in [-0.3, -0.25) is 4.79 Å². The van der Waals surface area contributed by atoms with Gasteiger partial charge in [-0.1, -0.05) is 0 Å². The normalized spacial score (nSPS) is 14.2. The maximum absolute atomic E-state index is 11.8. The summed E-state index contributed by atoms with van der Waals surface area (Å²) >= 11 is 0. The van der Waals surface area contributed by atoms with Crippen LogP contribution in [0.2, 0.25) is 0 Å². The summed E-state index contributed by atoms with van der Waals surface area (Å²) in [5.74, 6) is 0.736. The van der Waals surface area contributed by atoms with Gasteiger partial charge in [0.05, 0.1) is 5.69 Å². The summed E-state index contributed by atoms with van der Waals surface area (Å²) in [5.41, 5.74) is 7.26. The Kier molecular flexibility index (Phi) is 3.49. The summed E-state index contributed by atoms with van der Waals surface area (Å²) in [7, 11) is 1.84. The molecule has 1 aromatic carbocycles. The van der Waals surface area contributed by atoms with Gasteiger partial charge < -0.3 is 20.7 Å². The SMILES string of the molecule is CNc1ccc2c(c1)N(CCCN)C(=O)CO2. The molecule has 1 aliphatic rings. The first kappa shape index (κ1) is 11.7. The zero-order valence-electron chi connectivity index (χ0n) is 9.90. The highest BCUT2D eigenvalue weighted by molar-refractivity contribution is 5.98. The molecule has 0 aromatic heterocycles. The predicted molar refractivity (Wildman–Crippen MR) is 67.5 cm³/mol. The molecule has 0 bridgehead atoms. The lowest BCUT2D eigenvalue weighted by Crippen LogP contribution is -2.40. The minimum Gasteiger partial charge on any atom is -0.482 e. The van der Waals surface area contributed by atoms with E-state index in [1.165, 1.54) is 0 Å². The highest BCUT2D eigenvalue weighted by Gasteiger charge is 2.25. The van der Waals surface area contributed by atoms with Crippen LogP contribution in [-0.4, -0.2) is 32.7 Å². The third kappa shape index (κ3) is 2.34. The summed E-state index contributed by atoms with van der Waals surface area (Å²) < 4.78 is 5.40. The Balaban J connectivity index is 2.31. The Labute approximate surface area is 101 Å². The van der Waals surface area contributed by atoms with Crippen LogP contribution in [0, 0.1) is 0 Å². The first-order valence-electron chi connectivity index (χ1n) is 5.71. The Hall–Kier alpha value is -1.75. The lowest BCUT2D eigenvalue weighted by molar-refractivity contribution is -0.121. The largest absolute Gasteiger partial charge is 0.482 e.